The van der Waals surface area contributed by atoms with Crippen molar-refractivity contribution in [3.63, 3.8) is 0 Å². The van der Waals surface area contributed by atoms with Crippen molar-refractivity contribution in [3.8, 4) is 5.75 Å². The molecule has 0 atom stereocenters. The third-order valence-corrected chi connectivity index (χ3v) is 3.80. The van der Waals surface area contributed by atoms with Crippen LogP contribution in [0.15, 0.2) is 54.7 Å². The number of non-ortho nitro benzene ring substituents is 1. The number of aromatic nitrogens is 3. The fraction of sp³-hybridized carbons (Fsp3) is 0.118. The fourth-order valence-corrected chi connectivity index (χ4v) is 2.39. The summed E-state index contributed by atoms with van der Waals surface area (Å²) in [6.07, 6.45) is 1.58. The van der Waals surface area contributed by atoms with Crippen molar-refractivity contribution in [3.05, 3.63) is 75.6 Å². The van der Waals surface area contributed by atoms with Crippen LogP contribution < -0.4 is 10.1 Å². The molecule has 0 fully saturated rings. The van der Waals surface area contributed by atoms with Gasteiger partial charge < -0.3 is 10.1 Å². The van der Waals surface area contributed by atoms with Crippen molar-refractivity contribution in [1.82, 2.24) is 15.0 Å². The van der Waals surface area contributed by atoms with Crippen molar-refractivity contribution >= 4 is 28.9 Å². The molecule has 0 radical (unpaired) electrons. The highest BCUT2D eigenvalue weighted by molar-refractivity contribution is 6.33. The van der Waals surface area contributed by atoms with Gasteiger partial charge >= 0.3 is 0 Å². The van der Waals surface area contributed by atoms with Crippen molar-refractivity contribution in [2.24, 2.45) is 0 Å². The van der Waals surface area contributed by atoms with E-state index in [0.717, 1.165) is 0 Å². The smallest absolute Gasteiger partial charge is 0.269 e. The second kappa shape index (κ2) is 8.28. The van der Waals surface area contributed by atoms with Crippen molar-refractivity contribution < 1.29 is 14.5 Å². The van der Waals surface area contributed by atoms with Gasteiger partial charge in [-0.2, -0.15) is 0 Å². The zero-order chi connectivity index (χ0) is 19.2. The molecule has 1 aromatic heterocycles. The van der Waals surface area contributed by atoms with Gasteiger partial charge in [-0.25, -0.2) is 4.68 Å². The topological polar surface area (TPSA) is 112 Å². The van der Waals surface area contributed by atoms with E-state index in [1.54, 1.807) is 30.5 Å². The number of nitro groups is 1. The normalized spacial score (nSPS) is 10.4. The van der Waals surface area contributed by atoms with Gasteiger partial charge in [0.25, 0.3) is 5.69 Å². The maximum atomic E-state index is 12.1. The highest BCUT2D eigenvalue weighted by Crippen LogP contribution is 2.20. The number of halogens is 1. The van der Waals surface area contributed by atoms with E-state index in [1.165, 1.54) is 28.9 Å². The Kier molecular flexibility index (Phi) is 5.62. The highest BCUT2D eigenvalue weighted by Gasteiger charge is 2.09. The summed E-state index contributed by atoms with van der Waals surface area (Å²) in [6, 6.07) is 12.6. The molecule has 0 unspecified atom stereocenters. The van der Waals surface area contributed by atoms with E-state index in [0.29, 0.717) is 22.2 Å². The number of hydrogen-bond donors (Lipinski definition) is 1. The summed E-state index contributed by atoms with van der Waals surface area (Å²) in [5.41, 5.74) is 1.02. The first kappa shape index (κ1) is 18.3. The number of carbonyl (C=O) groups is 1. The number of rotatable bonds is 7. The summed E-state index contributed by atoms with van der Waals surface area (Å²) in [4.78, 5) is 22.2. The minimum atomic E-state index is -0.483. The first-order valence-corrected chi connectivity index (χ1v) is 8.20. The van der Waals surface area contributed by atoms with Gasteiger partial charge in [-0.15, -0.1) is 5.10 Å². The molecule has 3 aromatic rings. The van der Waals surface area contributed by atoms with Gasteiger partial charge in [0.2, 0.25) is 5.91 Å². The largest absolute Gasteiger partial charge is 0.487 e. The summed E-state index contributed by atoms with van der Waals surface area (Å²) < 4.78 is 6.88. The van der Waals surface area contributed by atoms with Crippen molar-refractivity contribution in [2.75, 3.05) is 5.32 Å². The summed E-state index contributed by atoms with van der Waals surface area (Å²) in [6.45, 7) is 0.0830. The number of nitrogens with zero attached hydrogens (tertiary/aromatic N) is 4. The first-order chi connectivity index (χ1) is 13.0. The van der Waals surface area contributed by atoms with E-state index in [1.807, 2.05) is 0 Å². The molecule has 10 heteroatoms. The molecule has 0 aliphatic heterocycles. The lowest BCUT2D eigenvalue weighted by atomic mass is 10.3. The third kappa shape index (κ3) is 5.02. The lowest BCUT2D eigenvalue weighted by molar-refractivity contribution is -0.384. The summed E-state index contributed by atoms with van der Waals surface area (Å²) >= 11 is 6.00. The molecule has 0 saturated heterocycles. The molecule has 1 amide bonds. The summed E-state index contributed by atoms with van der Waals surface area (Å²) in [5, 5.41) is 21.6. The molecule has 27 heavy (non-hydrogen) atoms. The van der Waals surface area contributed by atoms with Crippen molar-refractivity contribution in [2.45, 2.75) is 13.2 Å². The molecule has 0 aliphatic rings. The molecule has 138 valence electrons. The number of anilines is 1. The molecule has 1 N–H and O–H groups in total. The van der Waals surface area contributed by atoms with Crippen LogP contribution >= 0.6 is 11.6 Å². The quantitative estimate of drug-likeness (QED) is 0.492. The van der Waals surface area contributed by atoms with Gasteiger partial charge in [0, 0.05) is 12.1 Å². The van der Waals surface area contributed by atoms with Crippen LogP contribution in [0.4, 0.5) is 11.4 Å². The van der Waals surface area contributed by atoms with Crippen LogP contribution in [0.5, 0.6) is 5.75 Å². The zero-order valence-corrected chi connectivity index (χ0v) is 14.7. The molecule has 0 saturated carbocycles. The average Bonchev–Trinajstić information content (AvgIpc) is 3.09. The van der Waals surface area contributed by atoms with Crippen LogP contribution in [0.1, 0.15) is 5.69 Å². The molecule has 0 aliphatic carbocycles. The Morgan fingerprint density at radius 1 is 1.22 bits per heavy atom. The predicted molar refractivity (Wildman–Crippen MR) is 97.5 cm³/mol. The van der Waals surface area contributed by atoms with Gasteiger partial charge in [0.05, 0.1) is 21.8 Å². The highest BCUT2D eigenvalue weighted by atomic mass is 35.5. The summed E-state index contributed by atoms with van der Waals surface area (Å²) in [5.74, 6) is 0.169. The number of nitro benzene ring substituents is 1. The standard InChI is InChI=1S/C17H14ClN5O4/c18-15-3-1-2-4-16(15)19-17(24)10-22-9-12(20-21-22)11-27-14-7-5-13(6-8-14)23(25)26/h1-9H,10-11H2,(H,19,24). The van der Waals surface area contributed by atoms with E-state index >= 15 is 0 Å². The minimum Gasteiger partial charge on any atom is -0.487 e. The Hall–Kier alpha value is -3.46. The van der Waals surface area contributed by atoms with E-state index in [-0.39, 0.29) is 24.7 Å². The van der Waals surface area contributed by atoms with E-state index < -0.39 is 4.92 Å². The van der Waals surface area contributed by atoms with Crippen LogP contribution in [0.2, 0.25) is 5.02 Å². The minimum absolute atomic E-state index is 0.0159. The van der Waals surface area contributed by atoms with Gasteiger partial charge in [0.15, 0.2) is 0 Å². The maximum Gasteiger partial charge on any atom is 0.269 e. The average molecular weight is 388 g/mol. The second-order valence-corrected chi connectivity index (χ2v) is 5.88. The van der Waals surface area contributed by atoms with Gasteiger partial charge in [-0.1, -0.05) is 28.9 Å². The Balaban J connectivity index is 1.53. The van der Waals surface area contributed by atoms with E-state index in [4.69, 9.17) is 16.3 Å². The number of benzene rings is 2. The van der Waals surface area contributed by atoms with Crippen LogP contribution in [-0.4, -0.2) is 25.8 Å². The monoisotopic (exact) mass is 387 g/mol. The Labute approximate surface area is 158 Å². The molecule has 3 rings (SSSR count). The fourth-order valence-electron chi connectivity index (χ4n) is 2.20. The molecule has 0 spiro atoms. The van der Waals surface area contributed by atoms with Crippen LogP contribution in [0.25, 0.3) is 0 Å². The SMILES string of the molecule is O=C(Cn1cc(COc2ccc([N+](=O)[O-])cc2)nn1)Nc1ccccc1Cl. The van der Waals surface area contributed by atoms with Gasteiger partial charge in [0.1, 0.15) is 24.6 Å². The summed E-state index contributed by atoms with van der Waals surface area (Å²) in [7, 11) is 0. The lowest BCUT2D eigenvalue weighted by Gasteiger charge is -2.06. The zero-order valence-electron chi connectivity index (χ0n) is 13.9. The van der Waals surface area contributed by atoms with Crippen molar-refractivity contribution in [1.29, 1.82) is 0 Å². The number of ether oxygens (including phenoxy) is 1. The van der Waals surface area contributed by atoms with E-state index in [9.17, 15) is 14.9 Å². The Morgan fingerprint density at radius 3 is 2.67 bits per heavy atom. The van der Waals surface area contributed by atoms with Crippen LogP contribution in [0, 0.1) is 10.1 Å². The number of para-hydroxylation sites is 1. The van der Waals surface area contributed by atoms with E-state index in [2.05, 4.69) is 15.6 Å². The maximum absolute atomic E-state index is 12.1. The molecule has 1 heterocycles. The van der Waals surface area contributed by atoms with Gasteiger partial charge in [-0.3, -0.25) is 14.9 Å². The number of nitrogens with one attached hydrogen (secondary N) is 1. The molecular weight excluding hydrogens is 374 g/mol. The van der Waals surface area contributed by atoms with Crippen LogP contribution in [-0.2, 0) is 17.9 Å². The van der Waals surface area contributed by atoms with Crippen LogP contribution in [0.3, 0.4) is 0 Å². The molecule has 9 nitrogen and oxygen atoms in total. The Morgan fingerprint density at radius 2 is 1.96 bits per heavy atom. The Bertz CT molecular complexity index is 958. The molecular formula is C17H14ClN5O4. The second-order valence-electron chi connectivity index (χ2n) is 5.48. The first-order valence-electron chi connectivity index (χ1n) is 7.82. The van der Waals surface area contributed by atoms with Gasteiger partial charge in [-0.05, 0) is 24.3 Å². The number of carbonyl (C=O) groups excluding carboxylic acids is 1. The lowest BCUT2D eigenvalue weighted by Crippen LogP contribution is -2.19. The predicted octanol–water partition coefficient (Wildman–Crippen LogP) is 3.06. The number of hydrogen-bond acceptors (Lipinski definition) is 6. The number of amides is 1. The third-order valence-electron chi connectivity index (χ3n) is 3.47. The molecule has 0 bridgehead atoms. The molecule has 2 aromatic carbocycles.